The van der Waals surface area contributed by atoms with E-state index in [0.717, 1.165) is 10.6 Å². The number of esters is 1. The quantitative estimate of drug-likeness (QED) is 0.558. The van der Waals surface area contributed by atoms with Crippen LogP contribution in [-0.2, 0) is 19.1 Å². The smallest absolute Gasteiger partial charge is 0.309 e. The molecule has 2 fully saturated rings. The maximum absolute atomic E-state index is 13.0. The summed E-state index contributed by atoms with van der Waals surface area (Å²) in [6.45, 7) is 5.52. The van der Waals surface area contributed by atoms with Crippen LogP contribution < -0.4 is 10.2 Å². The fourth-order valence-corrected chi connectivity index (χ4v) is 4.37. The van der Waals surface area contributed by atoms with Crippen molar-refractivity contribution in [1.82, 2.24) is 10.2 Å². The number of anilines is 1. The van der Waals surface area contributed by atoms with Crippen LogP contribution in [0.25, 0.3) is 0 Å². The molecule has 1 aliphatic carbocycles. The van der Waals surface area contributed by atoms with Gasteiger partial charge >= 0.3 is 5.97 Å². The molecule has 32 heavy (non-hydrogen) atoms. The summed E-state index contributed by atoms with van der Waals surface area (Å²) < 4.78 is 5.45. The van der Waals surface area contributed by atoms with Gasteiger partial charge in [-0.25, -0.2) is 0 Å². The minimum Gasteiger partial charge on any atom is -0.460 e. The first-order valence-corrected chi connectivity index (χ1v) is 10.8. The molecule has 4 rings (SSSR count). The van der Waals surface area contributed by atoms with E-state index in [-0.39, 0.29) is 41.9 Å². The number of hydrogen-bond acceptors (Lipinski definition) is 7. The molecule has 1 N–H and O–H groups in total. The van der Waals surface area contributed by atoms with Crippen molar-refractivity contribution in [2.45, 2.75) is 64.1 Å². The Morgan fingerprint density at radius 3 is 2.38 bits per heavy atom. The summed E-state index contributed by atoms with van der Waals surface area (Å²) in [4.78, 5) is 64.6. The fourth-order valence-electron chi connectivity index (χ4n) is 4.37. The van der Waals surface area contributed by atoms with E-state index in [2.05, 4.69) is 5.32 Å². The summed E-state index contributed by atoms with van der Waals surface area (Å²) >= 11 is 0. The number of imide groups is 2. The van der Waals surface area contributed by atoms with Gasteiger partial charge in [-0.2, -0.15) is 0 Å². The molecule has 0 spiro atoms. The van der Waals surface area contributed by atoms with E-state index in [0.29, 0.717) is 12.8 Å². The van der Waals surface area contributed by atoms with Crippen molar-refractivity contribution in [3.8, 4) is 0 Å². The van der Waals surface area contributed by atoms with Gasteiger partial charge in [-0.3, -0.25) is 34.2 Å². The SMILES string of the molecule is CN(c1ccc2c(c1)C(=O)N(C1CCC(=O)NC1=O)C2=O)C1CC(C(=O)OC(C)(C)C)C1. The van der Waals surface area contributed by atoms with E-state index < -0.39 is 35.3 Å². The number of ether oxygens (including phenoxy) is 1. The molecule has 9 nitrogen and oxygen atoms in total. The second-order valence-corrected chi connectivity index (χ2v) is 9.64. The Balaban J connectivity index is 1.46. The summed E-state index contributed by atoms with van der Waals surface area (Å²) in [5.41, 5.74) is 0.724. The lowest BCUT2D eigenvalue weighted by Gasteiger charge is -2.41. The molecule has 1 aromatic carbocycles. The fraction of sp³-hybridized carbons (Fsp3) is 0.522. The summed E-state index contributed by atoms with van der Waals surface area (Å²) in [6, 6.07) is 4.14. The van der Waals surface area contributed by atoms with E-state index >= 15 is 0 Å². The number of amides is 4. The maximum atomic E-state index is 13.0. The normalized spacial score (nSPS) is 25.2. The number of hydrogen-bond donors (Lipinski definition) is 1. The lowest BCUT2D eigenvalue weighted by Crippen LogP contribution is -2.54. The van der Waals surface area contributed by atoms with Crippen LogP contribution in [0.15, 0.2) is 18.2 Å². The molecule has 1 saturated carbocycles. The molecule has 0 bridgehead atoms. The van der Waals surface area contributed by atoms with Gasteiger partial charge in [0.2, 0.25) is 11.8 Å². The zero-order valence-electron chi connectivity index (χ0n) is 18.6. The second kappa shape index (κ2) is 7.72. The Morgan fingerprint density at radius 1 is 1.09 bits per heavy atom. The van der Waals surface area contributed by atoms with E-state index in [9.17, 15) is 24.0 Å². The number of piperidine rings is 1. The lowest BCUT2D eigenvalue weighted by molar-refractivity contribution is -0.163. The first-order valence-electron chi connectivity index (χ1n) is 10.8. The molecule has 1 unspecified atom stereocenters. The third kappa shape index (κ3) is 3.87. The highest BCUT2D eigenvalue weighted by Gasteiger charge is 2.45. The minimum atomic E-state index is -0.984. The Hall–Kier alpha value is -3.23. The van der Waals surface area contributed by atoms with Gasteiger partial charge in [0.1, 0.15) is 11.6 Å². The molecule has 2 heterocycles. The highest BCUT2D eigenvalue weighted by molar-refractivity contribution is 6.23. The molecular formula is C23H27N3O6. The van der Waals surface area contributed by atoms with Crippen molar-refractivity contribution in [3.63, 3.8) is 0 Å². The summed E-state index contributed by atoms with van der Waals surface area (Å²) in [7, 11) is 1.89. The van der Waals surface area contributed by atoms with Crippen LogP contribution in [0.3, 0.4) is 0 Å². The van der Waals surface area contributed by atoms with Gasteiger partial charge in [-0.1, -0.05) is 0 Å². The van der Waals surface area contributed by atoms with E-state index in [1.54, 1.807) is 18.2 Å². The molecule has 1 atom stereocenters. The number of carbonyl (C=O) groups excluding carboxylic acids is 5. The molecule has 1 saturated heterocycles. The van der Waals surface area contributed by atoms with Crippen LogP contribution >= 0.6 is 0 Å². The summed E-state index contributed by atoms with van der Waals surface area (Å²) in [5, 5.41) is 2.19. The Kier molecular flexibility index (Phi) is 5.30. The van der Waals surface area contributed by atoms with Crippen LogP contribution in [0.4, 0.5) is 5.69 Å². The van der Waals surface area contributed by atoms with E-state index in [1.807, 2.05) is 32.7 Å². The van der Waals surface area contributed by atoms with Gasteiger partial charge < -0.3 is 9.64 Å². The number of rotatable bonds is 4. The second-order valence-electron chi connectivity index (χ2n) is 9.64. The van der Waals surface area contributed by atoms with Crippen molar-refractivity contribution >= 4 is 35.3 Å². The largest absolute Gasteiger partial charge is 0.460 e. The van der Waals surface area contributed by atoms with Crippen LogP contribution in [0.5, 0.6) is 0 Å². The number of benzene rings is 1. The molecule has 2 aliphatic heterocycles. The molecule has 170 valence electrons. The summed E-state index contributed by atoms with van der Waals surface area (Å²) in [5.74, 6) is -2.44. The Labute approximate surface area is 186 Å². The molecule has 0 aromatic heterocycles. The Bertz CT molecular complexity index is 1020. The zero-order valence-corrected chi connectivity index (χ0v) is 18.6. The molecule has 9 heteroatoms. The van der Waals surface area contributed by atoms with E-state index in [4.69, 9.17) is 4.74 Å². The van der Waals surface area contributed by atoms with Gasteiger partial charge in [-0.05, 0) is 58.2 Å². The molecule has 0 radical (unpaired) electrons. The average molecular weight is 441 g/mol. The maximum Gasteiger partial charge on any atom is 0.309 e. The van der Waals surface area contributed by atoms with Crippen molar-refractivity contribution in [1.29, 1.82) is 0 Å². The van der Waals surface area contributed by atoms with Crippen LogP contribution in [0.1, 0.15) is 67.2 Å². The molecular weight excluding hydrogens is 414 g/mol. The van der Waals surface area contributed by atoms with Gasteiger partial charge in [0.05, 0.1) is 17.0 Å². The zero-order chi connectivity index (χ0) is 23.4. The first-order chi connectivity index (χ1) is 15.0. The Morgan fingerprint density at radius 2 is 1.75 bits per heavy atom. The van der Waals surface area contributed by atoms with Crippen molar-refractivity contribution < 1.29 is 28.7 Å². The van der Waals surface area contributed by atoms with Crippen molar-refractivity contribution in [2.75, 3.05) is 11.9 Å². The average Bonchev–Trinajstić information content (AvgIpc) is 2.89. The lowest BCUT2D eigenvalue weighted by atomic mass is 9.79. The van der Waals surface area contributed by atoms with Crippen LogP contribution in [0.2, 0.25) is 0 Å². The third-order valence-electron chi connectivity index (χ3n) is 6.23. The van der Waals surface area contributed by atoms with Crippen LogP contribution in [0, 0.1) is 5.92 Å². The topological polar surface area (TPSA) is 113 Å². The molecule has 3 aliphatic rings. The number of nitrogens with zero attached hydrogens (tertiary/aromatic N) is 2. The standard InChI is InChI=1S/C23H27N3O6/c1-23(2,3)32-22(31)12-9-14(10-12)25(4)13-5-6-15-16(11-13)21(30)26(20(15)29)17-7-8-18(27)24-19(17)28/h5-6,11-12,14,17H,7-10H2,1-4H3,(H,24,27,28). The van der Waals surface area contributed by atoms with E-state index in [1.165, 1.54) is 0 Å². The third-order valence-corrected chi connectivity index (χ3v) is 6.23. The minimum absolute atomic E-state index is 0.0816. The van der Waals surface area contributed by atoms with Crippen LogP contribution in [-0.4, -0.2) is 59.2 Å². The molecule has 1 aromatic rings. The van der Waals surface area contributed by atoms with Gasteiger partial charge in [-0.15, -0.1) is 0 Å². The molecule has 4 amide bonds. The number of fused-ring (bicyclic) bond motifs is 1. The van der Waals surface area contributed by atoms with Gasteiger partial charge in [0.15, 0.2) is 0 Å². The van der Waals surface area contributed by atoms with Crippen molar-refractivity contribution in [2.24, 2.45) is 5.92 Å². The first kappa shape index (κ1) is 22.0. The van der Waals surface area contributed by atoms with Crippen molar-refractivity contribution in [3.05, 3.63) is 29.3 Å². The summed E-state index contributed by atoms with van der Waals surface area (Å²) in [6.07, 6.45) is 1.50. The predicted molar refractivity (Wildman–Crippen MR) is 114 cm³/mol. The monoisotopic (exact) mass is 441 g/mol. The predicted octanol–water partition coefficient (Wildman–Crippen LogP) is 1.64. The number of carbonyl (C=O) groups is 5. The highest BCUT2D eigenvalue weighted by atomic mass is 16.6. The van der Waals surface area contributed by atoms with Gasteiger partial charge in [0.25, 0.3) is 11.8 Å². The van der Waals surface area contributed by atoms with Gasteiger partial charge in [0, 0.05) is 25.2 Å². The highest BCUT2D eigenvalue weighted by Crippen LogP contribution is 2.37. The number of nitrogens with one attached hydrogen (secondary N) is 1.